The Kier molecular flexibility index (Phi) is 2.25. The van der Waals surface area contributed by atoms with Crippen molar-refractivity contribution >= 4 is 5.91 Å². The van der Waals surface area contributed by atoms with Crippen LogP contribution in [0.5, 0.6) is 0 Å². The summed E-state index contributed by atoms with van der Waals surface area (Å²) in [5.41, 5.74) is 11.8. The Bertz CT molecular complexity index is 342. The van der Waals surface area contributed by atoms with Crippen molar-refractivity contribution in [2.75, 3.05) is 0 Å². The van der Waals surface area contributed by atoms with Crippen LogP contribution in [0, 0.1) is 0 Å². The topological polar surface area (TPSA) is 86.9 Å². The lowest BCUT2D eigenvalue weighted by Gasteiger charge is -2.12. The first kappa shape index (κ1) is 9.21. The van der Waals surface area contributed by atoms with Crippen LogP contribution in [0.3, 0.4) is 0 Å². The lowest BCUT2D eigenvalue weighted by Crippen LogP contribution is -2.22. The number of hydrogen-bond donors (Lipinski definition) is 2. The number of carbonyl (C=O) groups is 1. The SMILES string of the molecule is NC(=O)CC(N)c1cncn1C1CC1. The monoisotopic (exact) mass is 194 g/mol. The number of nitrogens with zero attached hydrogens (tertiary/aromatic N) is 2. The molecule has 0 spiro atoms. The van der Waals surface area contributed by atoms with Gasteiger partial charge < -0.3 is 16.0 Å². The second-order valence-corrected chi connectivity index (χ2v) is 3.73. The van der Waals surface area contributed by atoms with Gasteiger partial charge in [-0.3, -0.25) is 4.79 Å². The summed E-state index contributed by atoms with van der Waals surface area (Å²) in [5.74, 6) is -0.374. The van der Waals surface area contributed by atoms with Gasteiger partial charge in [-0.05, 0) is 12.8 Å². The molecule has 1 saturated carbocycles. The minimum absolute atomic E-state index is 0.179. The summed E-state index contributed by atoms with van der Waals surface area (Å²) in [4.78, 5) is 14.8. The maximum atomic E-state index is 10.7. The molecule has 1 aliphatic carbocycles. The number of aromatic nitrogens is 2. The minimum atomic E-state index is -0.374. The first-order valence-electron chi connectivity index (χ1n) is 4.74. The molecule has 5 heteroatoms. The molecule has 1 aromatic rings. The van der Waals surface area contributed by atoms with Crippen LogP contribution >= 0.6 is 0 Å². The van der Waals surface area contributed by atoms with Crippen molar-refractivity contribution in [3.8, 4) is 0 Å². The third-order valence-corrected chi connectivity index (χ3v) is 2.44. The summed E-state index contributed by atoms with van der Waals surface area (Å²) in [6.07, 6.45) is 6.01. The van der Waals surface area contributed by atoms with Crippen LogP contribution in [0.2, 0.25) is 0 Å². The molecule has 1 amide bonds. The predicted molar refractivity (Wildman–Crippen MR) is 51.2 cm³/mol. The third kappa shape index (κ3) is 1.77. The van der Waals surface area contributed by atoms with Crippen LogP contribution in [0.1, 0.15) is 37.0 Å². The second kappa shape index (κ2) is 3.42. The van der Waals surface area contributed by atoms with E-state index in [1.807, 2.05) is 4.57 Å². The lowest BCUT2D eigenvalue weighted by molar-refractivity contribution is -0.118. The van der Waals surface area contributed by atoms with Gasteiger partial charge in [0.1, 0.15) is 0 Å². The van der Waals surface area contributed by atoms with Crippen LogP contribution in [0.15, 0.2) is 12.5 Å². The molecule has 1 aromatic heterocycles. The number of carbonyl (C=O) groups excluding carboxylic acids is 1. The van der Waals surface area contributed by atoms with Gasteiger partial charge in [0.25, 0.3) is 0 Å². The fourth-order valence-corrected chi connectivity index (χ4v) is 1.58. The average Bonchev–Trinajstić information content (AvgIpc) is 2.82. The second-order valence-electron chi connectivity index (χ2n) is 3.73. The molecule has 1 aliphatic rings. The van der Waals surface area contributed by atoms with E-state index < -0.39 is 0 Å². The predicted octanol–water partition coefficient (Wildman–Crippen LogP) is 0.0932. The van der Waals surface area contributed by atoms with Crippen molar-refractivity contribution in [3.05, 3.63) is 18.2 Å². The van der Waals surface area contributed by atoms with Gasteiger partial charge in [-0.25, -0.2) is 4.98 Å². The highest BCUT2D eigenvalue weighted by Crippen LogP contribution is 2.36. The van der Waals surface area contributed by atoms with Crippen LogP contribution in [0.25, 0.3) is 0 Å². The van der Waals surface area contributed by atoms with Gasteiger partial charge in [0, 0.05) is 18.7 Å². The van der Waals surface area contributed by atoms with Crippen LogP contribution in [-0.2, 0) is 4.79 Å². The van der Waals surface area contributed by atoms with Gasteiger partial charge in [0.05, 0.1) is 18.1 Å². The molecule has 0 saturated heterocycles. The molecule has 0 radical (unpaired) electrons. The first-order valence-corrected chi connectivity index (χ1v) is 4.74. The molecule has 1 heterocycles. The van der Waals surface area contributed by atoms with Gasteiger partial charge in [-0.2, -0.15) is 0 Å². The number of rotatable bonds is 4. The maximum absolute atomic E-state index is 10.7. The Hall–Kier alpha value is -1.36. The van der Waals surface area contributed by atoms with Crippen LogP contribution in [-0.4, -0.2) is 15.5 Å². The fourth-order valence-electron chi connectivity index (χ4n) is 1.58. The molecule has 2 rings (SSSR count). The van der Waals surface area contributed by atoms with Crippen molar-refractivity contribution in [3.63, 3.8) is 0 Å². The molecule has 0 bridgehead atoms. The van der Waals surface area contributed by atoms with Gasteiger partial charge >= 0.3 is 0 Å². The Labute approximate surface area is 82.1 Å². The van der Waals surface area contributed by atoms with Gasteiger partial charge in [-0.15, -0.1) is 0 Å². The zero-order chi connectivity index (χ0) is 10.1. The highest BCUT2D eigenvalue weighted by Gasteiger charge is 2.27. The van der Waals surface area contributed by atoms with E-state index in [4.69, 9.17) is 11.5 Å². The Morgan fingerprint density at radius 1 is 1.71 bits per heavy atom. The van der Waals surface area contributed by atoms with E-state index in [1.165, 1.54) is 12.8 Å². The molecule has 1 unspecified atom stereocenters. The standard InChI is InChI=1S/C9H14N4O/c10-7(3-9(11)14)8-4-12-5-13(8)6-1-2-6/h4-7H,1-3,10H2,(H2,11,14). The number of nitrogens with two attached hydrogens (primary N) is 2. The Morgan fingerprint density at radius 2 is 2.43 bits per heavy atom. The smallest absolute Gasteiger partial charge is 0.219 e. The van der Waals surface area contributed by atoms with E-state index in [0.29, 0.717) is 6.04 Å². The Morgan fingerprint density at radius 3 is 3.00 bits per heavy atom. The van der Waals surface area contributed by atoms with E-state index in [9.17, 15) is 4.79 Å². The van der Waals surface area contributed by atoms with Gasteiger partial charge in [0.15, 0.2) is 0 Å². The molecule has 1 fully saturated rings. The number of hydrogen-bond acceptors (Lipinski definition) is 3. The number of primary amides is 1. The largest absolute Gasteiger partial charge is 0.370 e. The van der Waals surface area contributed by atoms with Gasteiger partial charge in [-0.1, -0.05) is 0 Å². The molecular weight excluding hydrogens is 180 g/mol. The highest BCUT2D eigenvalue weighted by molar-refractivity contribution is 5.74. The van der Waals surface area contributed by atoms with Crippen LogP contribution < -0.4 is 11.5 Å². The average molecular weight is 194 g/mol. The third-order valence-electron chi connectivity index (χ3n) is 2.44. The van der Waals surface area contributed by atoms with E-state index in [0.717, 1.165) is 5.69 Å². The van der Waals surface area contributed by atoms with Gasteiger partial charge in [0.2, 0.25) is 5.91 Å². The summed E-state index contributed by atoms with van der Waals surface area (Å²) in [7, 11) is 0. The number of imidazole rings is 1. The zero-order valence-corrected chi connectivity index (χ0v) is 7.89. The summed E-state index contributed by atoms with van der Waals surface area (Å²) in [6.45, 7) is 0. The van der Waals surface area contributed by atoms with Crippen molar-refractivity contribution in [2.45, 2.75) is 31.3 Å². The molecule has 76 valence electrons. The molecule has 1 atom stereocenters. The highest BCUT2D eigenvalue weighted by atomic mass is 16.1. The summed E-state index contributed by atoms with van der Waals surface area (Å²) in [6, 6.07) is 0.210. The van der Waals surface area contributed by atoms with E-state index in [2.05, 4.69) is 4.98 Å². The first-order chi connectivity index (χ1) is 6.68. The lowest BCUT2D eigenvalue weighted by atomic mass is 10.1. The molecule has 4 N–H and O–H groups in total. The molecule has 14 heavy (non-hydrogen) atoms. The molecule has 0 aliphatic heterocycles. The van der Waals surface area contributed by atoms with Crippen molar-refractivity contribution in [1.82, 2.24) is 9.55 Å². The zero-order valence-electron chi connectivity index (χ0n) is 7.89. The van der Waals surface area contributed by atoms with E-state index >= 15 is 0 Å². The fraction of sp³-hybridized carbons (Fsp3) is 0.556. The van der Waals surface area contributed by atoms with E-state index in [1.54, 1.807) is 12.5 Å². The van der Waals surface area contributed by atoms with Crippen molar-refractivity contribution < 1.29 is 4.79 Å². The molecule has 5 nitrogen and oxygen atoms in total. The molecule has 0 aromatic carbocycles. The summed E-state index contributed by atoms with van der Waals surface area (Å²) in [5, 5.41) is 0. The summed E-state index contributed by atoms with van der Waals surface area (Å²) >= 11 is 0. The van der Waals surface area contributed by atoms with Crippen molar-refractivity contribution in [2.24, 2.45) is 11.5 Å². The normalized spacial score (nSPS) is 18.1. The number of amides is 1. The van der Waals surface area contributed by atoms with E-state index in [-0.39, 0.29) is 18.4 Å². The molecular formula is C9H14N4O. The van der Waals surface area contributed by atoms with Crippen LogP contribution in [0.4, 0.5) is 0 Å². The minimum Gasteiger partial charge on any atom is -0.370 e. The maximum Gasteiger partial charge on any atom is 0.219 e. The Balaban J connectivity index is 2.13. The summed E-state index contributed by atoms with van der Waals surface area (Å²) < 4.78 is 2.05. The quantitative estimate of drug-likeness (QED) is 0.712. The van der Waals surface area contributed by atoms with Crippen molar-refractivity contribution in [1.29, 1.82) is 0 Å².